The Morgan fingerprint density at radius 2 is 1.83 bits per heavy atom. The molecule has 9 atom stereocenters. The van der Waals surface area contributed by atoms with Gasteiger partial charge >= 0.3 is 0 Å². The number of allylic oxidation sites excluding steroid dienone is 12. The number of aliphatic hydroxyl groups excluding tert-OH is 1. The van der Waals surface area contributed by atoms with Crippen LogP contribution in [0.1, 0.15) is 92.9 Å². The standard InChI is InChI=1S/C42H61N3O/c1-28-12-10-13-33(24-28)42(6)22-9-8-16-40(42)45-38(32(5)27-43-7)21-23-44-39-26-30(3)18-20-34(39)35-14-11-15-36(41(35)46)37-25-29(2)17-19-31(37)4/h8,10,12-14,16-20,27-32,37-38,40,44-46H,9,11,15,21-26H2,1-7H3. The van der Waals surface area contributed by atoms with Gasteiger partial charge in [-0.2, -0.15) is 0 Å². The fraction of sp³-hybridized carbons (Fsp3) is 0.595. The van der Waals surface area contributed by atoms with Crippen molar-refractivity contribution in [2.45, 2.75) is 105 Å². The monoisotopic (exact) mass is 623 g/mol. The predicted octanol–water partition coefficient (Wildman–Crippen LogP) is 9.74. The first-order chi connectivity index (χ1) is 22.1. The second kappa shape index (κ2) is 15.4. The molecule has 250 valence electrons. The van der Waals surface area contributed by atoms with Crippen molar-refractivity contribution in [1.29, 1.82) is 0 Å². The summed E-state index contributed by atoms with van der Waals surface area (Å²) < 4.78 is 0. The summed E-state index contributed by atoms with van der Waals surface area (Å²) in [4.78, 5) is 4.44. The highest BCUT2D eigenvalue weighted by molar-refractivity contribution is 5.61. The van der Waals surface area contributed by atoms with E-state index in [1.54, 1.807) is 5.57 Å². The van der Waals surface area contributed by atoms with Crippen molar-refractivity contribution in [1.82, 2.24) is 10.6 Å². The van der Waals surface area contributed by atoms with Crippen LogP contribution in [-0.2, 0) is 0 Å². The van der Waals surface area contributed by atoms with Crippen LogP contribution < -0.4 is 10.6 Å². The van der Waals surface area contributed by atoms with Gasteiger partial charge in [0.2, 0.25) is 0 Å². The quantitative estimate of drug-likeness (QED) is 0.159. The maximum atomic E-state index is 11.8. The highest BCUT2D eigenvalue weighted by Crippen LogP contribution is 2.45. The van der Waals surface area contributed by atoms with Crippen molar-refractivity contribution in [2.75, 3.05) is 13.6 Å². The number of aliphatic imine (C=N–C) groups is 1. The molecule has 5 rings (SSSR count). The van der Waals surface area contributed by atoms with E-state index in [0.29, 0.717) is 47.3 Å². The SMILES string of the molecule is CN=CC(C)C(CCNC1=C(C2=CCCC(C3CC(C)C=CC3C)=C2O)C=CC(C)C1)NC1C=CCCC1(C)C1=CC=CC(C)C1. The maximum absolute atomic E-state index is 11.8. The van der Waals surface area contributed by atoms with E-state index in [2.05, 4.69) is 124 Å². The molecule has 46 heavy (non-hydrogen) atoms. The van der Waals surface area contributed by atoms with Gasteiger partial charge in [-0.25, -0.2) is 0 Å². The predicted molar refractivity (Wildman–Crippen MR) is 197 cm³/mol. The Kier molecular flexibility index (Phi) is 11.5. The van der Waals surface area contributed by atoms with E-state index < -0.39 is 0 Å². The molecule has 5 aliphatic carbocycles. The average molecular weight is 624 g/mol. The minimum atomic E-state index is 0.111. The van der Waals surface area contributed by atoms with E-state index >= 15 is 0 Å². The highest BCUT2D eigenvalue weighted by atomic mass is 16.3. The van der Waals surface area contributed by atoms with Crippen LogP contribution in [0.2, 0.25) is 0 Å². The Balaban J connectivity index is 1.34. The number of hydrogen-bond donors (Lipinski definition) is 3. The van der Waals surface area contributed by atoms with Gasteiger partial charge in [0.05, 0.1) is 0 Å². The van der Waals surface area contributed by atoms with Gasteiger partial charge in [-0.3, -0.25) is 0 Å². The summed E-state index contributed by atoms with van der Waals surface area (Å²) in [6.45, 7) is 14.9. The summed E-state index contributed by atoms with van der Waals surface area (Å²) in [5, 5.41) is 19.8. The molecule has 0 radical (unpaired) electrons. The molecule has 0 spiro atoms. The van der Waals surface area contributed by atoms with Gasteiger partial charge in [0, 0.05) is 60.1 Å². The van der Waals surface area contributed by atoms with Crippen LogP contribution in [0.3, 0.4) is 0 Å². The first-order valence-corrected chi connectivity index (χ1v) is 18.3. The molecule has 3 N–H and O–H groups in total. The molecular weight excluding hydrogens is 562 g/mol. The molecule has 4 heteroatoms. The first kappa shape index (κ1) is 34.5. The molecule has 0 aromatic heterocycles. The zero-order chi connectivity index (χ0) is 32.8. The van der Waals surface area contributed by atoms with Crippen LogP contribution in [0.25, 0.3) is 0 Å². The van der Waals surface area contributed by atoms with Gasteiger partial charge in [-0.1, -0.05) is 108 Å². The van der Waals surface area contributed by atoms with Crippen molar-refractivity contribution < 1.29 is 5.11 Å². The van der Waals surface area contributed by atoms with E-state index in [1.165, 1.54) is 23.3 Å². The molecule has 0 fully saturated rings. The van der Waals surface area contributed by atoms with Crippen molar-refractivity contribution in [2.24, 2.45) is 45.9 Å². The lowest BCUT2D eigenvalue weighted by molar-refractivity contribution is 0.231. The van der Waals surface area contributed by atoms with Crippen LogP contribution in [0, 0.1) is 40.9 Å². The molecule has 0 amide bonds. The van der Waals surface area contributed by atoms with Crippen LogP contribution in [0.5, 0.6) is 0 Å². The van der Waals surface area contributed by atoms with Gasteiger partial charge in [0.1, 0.15) is 5.76 Å². The first-order valence-electron chi connectivity index (χ1n) is 18.3. The normalized spacial score (nSPS) is 34.6. The summed E-state index contributed by atoms with van der Waals surface area (Å²) in [6.07, 6.45) is 34.0. The van der Waals surface area contributed by atoms with Gasteiger partial charge in [0.15, 0.2) is 0 Å². The summed E-state index contributed by atoms with van der Waals surface area (Å²) in [5.41, 5.74) is 6.44. The maximum Gasteiger partial charge on any atom is 0.122 e. The van der Waals surface area contributed by atoms with Gasteiger partial charge in [-0.05, 0) is 86.5 Å². The summed E-state index contributed by atoms with van der Waals surface area (Å²) in [6, 6.07) is 0.585. The Morgan fingerprint density at radius 3 is 2.61 bits per heavy atom. The second-order valence-electron chi connectivity index (χ2n) is 15.4. The average Bonchev–Trinajstić information content (AvgIpc) is 3.03. The smallest absolute Gasteiger partial charge is 0.122 e. The number of nitrogens with zero attached hydrogens (tertiary/aromatic N) is 1. The van der Waals surface area contributed by atoms with Gasteiger partial charge in [0.25, 0.3) is 0 Å². The summed E-state index contributed by atoms with van der Waals surface area (Å²) in [7, 11) is 1.89. The van der Waals surface area contributed by atoms with Gasteiger partial charge < -0.3 is 20.7 Å². The third-order valence-corrected chi connectivity index (χ3v) is 11.6. The summed E-state index contributed by atoms with van der Waals surface area (Å²) in [5.74, 6) is 3.37. The van der Waals surface area contributed by atoms with E-state index in [4.69, 9.17) is 0 Å². The largest absolute Gasteiger partial charge is 0.507 e. The lowest BCUT2D eigenvalue weighted by atomic mass is 9.66. The molecule has 0 aliphatic heterocycles. The van der Waals surface area contributed by atoms with Crippen LogP contribution in [-0.4, -0.2) is 37.0 Å². The zero-order valence-corrected chi connectivity index (χ0v) is 29.7. The molecule has 4 nitrogen and oxygen atoms in total. The molecule has 5 aliphatic rings. The Hall–Kier alpha value is -2.85. The van der Waals surface area contributed by atoms with Crippen LogP contribution >= 0.6 is 0 Å². The molecular formula is C42H61N3O. The third-order valence-electron chi connectivity index (χ3n) is 11.6. The minimum absolute atomic E-state index is 0.111. The van der Waals surface area contributed by atoms with Crippen molar-refractivity contribution in [3.63, 3.8) is 0 Å². The molecule has 0 aromatic carbocycles. The lowest BCUT2D eigenvalue weighted by Gasteiger charge is -2.44. The van der Waals surface area contributed by atoms with E-state index in [-0.39, 0.29) is 11.5 Å². The van der Waals surface area contributed by atoms with Crippen molar-refractivity contribution in [3.05, 3.63) is 94.5 Å². The fourth-order valence-corrected chi connectivity index (χ4v) is 8.59. The Bertz CT molecular complexity index is 1370. The second-order valence-corrected chi connectivity index (χ2v) is 15.4. The molecule has 9 unspecified atom stereocenters. The van der Waals surface area contributed by atoms with E-state index in [9.17, 15) is 5.11 Å². The number of nitrogens with one attached hydrogen (secondary N) is 2. The molecule has 0 saturated heterocycles. The number of aliphatic hydroxyl groups is 1. The molecule has 0 aromatic rings. The van der Waals surface area contributed by atoms with Gasteiger partial charge in [-0.15, -0.1) is 0 Å². The van der Waals surface area contributed by atoms with E-state index in [0.717, 1.165) is 57.1 Å². The van der Waals surface area contributed by atoms with E-state index in [1.807, 2.05) is 7.05 Å². The fourth-order valence-electron chi connectivity index (χ4n) is 8.59. The molecule has 0 bridgehead atoms. The zero-order valence-electron chi connectivity index (χ0n) is 29.7. The number of hydrogen-bond acceptors (Lipinski definition) is 4. The summed E-state index contributed by atoms with van der Waals surface area (Å²) >= 11 is 0. The Labute approximate surface area is 280 Å². The van der Waals surface area contributed by atoms with Crippen LogP contribution in [0.4, 0.5) is 0 Å². The molecule has 0 heterocycles. The minimum Gasteiger partial charge on any atom is -0.507 e. The number of rotatable bonds is 11. The highest BCUT2D eigenvalue weighted by Gasteiger charge is 2.39. The molecule has 0 saturated carbocycles. The Morgan fingerprint density at radius 1 is 1.02 bits per heavy atom. The van der Waals surface area contributed by atoms with Crippen LogP contribution in [0.15, 0.2) is 99.5 Å². The third kappa shape index (κ3) is 7.81. The topological polar surface area (TPSA) is 56.7 Å². The van der Waals surface area contributed by atoms with Crippen molar-refractivity contribution >= 4 is 6.21 Å². The lowest BCUT2D eigenvalue weighted by Crippen LogP contribution is -2.52. The van der Waals surface area contributed by atoms with Crippen molar-refractivity contribution in [3.8, 4) is 0 Å².